The molecule has 0 saturated heterocycles. The summed E-state index contributed by atoms with van der Waals surface area (Å²) in [7, 11) is 0. The summed E-state index contributed by atoms with van der Waals surface area (Å²) in [6, 6.07) is 4.62. The van der Waals surface area contributed by atoms with Gasteiger partial charge in [-0.2, -0.15) is 0 Å². The lowest BCUT2D eigenvalue weighted by molar-refractivity contribution is 0.433. The molecule has 0 aliphatic heterocycles. The lowest BCUT2D eigenvalue weighted by Crippen LogP contribution is -2.30. The molecule has 0 aliphatic rings. The van der Waals surface area contributed by atoms with Gasteiger partial charge in [-0.05, 0) is 24.6 Å². The molecule has 100 valence electrons. The summed E-state index contributed by atoms with van der Waals surface area (Å²) in [5.74, 6) is 1.36. The molecule has 1 heterocycles. The van der Waals surface area contributed by atoms with Crippen molar-refractivity contribution in [2.45, 2.75) is 13.0 Å². The number of aromatic nitrogens is 1. The highest BCUT2D eigenvalue weighted by Crippen LogP contribution is 2.26. The first-order valence-corrected chi connectivity index (χ1v) is 5.56. The van der Waals surface area contributed by atoms with Crippen molar-refractivity contribution in [3.05, 3.63) is 64.7 Å². The quantitative estimate of drug-likeness (QED) is 0.510. The zero-order valence-electron chi connectivity index (χ0n) is 10.1. The standard InChI is InChI=1S/C13H12F3N3/c1-7-2-3-8(6-18-7)13(19-17)9-4-5-10(14)12(16)11(9)15/h2-6,13,19H,17H2,1H3. The molecule has 3 nitrogen and oxygen atoms in total. The van der Waals surface area contributed by atoms with Gasteiger partial charge in [0.1, 0.15) is 0 Å². The highest BCUT2D eigenvalue weighted by atomic mass is 19.2. The molecule has 0 bridgehead atoms. The molecule has 1 aromatic carbocycles. The fraction of sp³-hybridized carbons (Fsp3) is 0.154. The van der Waals surface area contributed by atoms with E-state index in [1.165, 1.54) is 6.20 Å². The van der Waals surface area contributed by atoms with Gasteiger partial charge in [-0.1, -0.05) is 12.1 Å². The van der Waals surface area contributed by atoms with E-state index in [0.717, 1.165) is 17.8 Å². The van der Waals surface area contributed by atoms with Crippen LogP contribution in [0.5, 0.6) is 0 Å². The van der Waals surface area contributed by atoms with E-state index in [-0.39, 0.29) is 5.56 Å². The van der Waals surface area contributed by atoms with Crippen molar-refractivity contribution in [2.75, 3.05) is 0 Å². The van der Waals surface area contributed by atoms with Gasteiger partial charge in [-0.25, -0.2) is 18.6 Å². The number of pyridine rings is 1. The van der Waals surface area contributed by atoms with Crippen molar-refractivity contribution in [3.63, 3.8) is 0 Å². The smallest absolute Gasteiger partial charge is 0.194 e. The molecule has 0 amide bonds. The fourth-order valence-corrected chi connectivity index (χ4v) is 1.78. The summed E-state index contributed by atoms with van der Waals surface area (Å²) in [6.07, 6.45) is 1.50. The Bertz CT molecular complexity index is 584. The Labute approximate surface area is 108 Å². The Balaban J connectivity index is 2.48. The van der Waals surface area contributed by atoms with Crippen molar-refractivity contribution < 1.29 is 13.2 Å². The van der Waals surface area contributed by atoms with Crippen LogP contribution in [0.3, 0.4) is 0 Å². The van der Waals surface area contributed by atoms with Crippen molar-refractivity contribution in [2.24, 2.45) is 5.84 Å². The van der Waals surface area contributed by atoms with Crippen LogP contribution in [0, 0.1) is 24.4 Å². The Morgan fingerprint density at radius 3 is 2.42 bits per heavy atom. The van der Waals surface area contributed by atoms with Crippen LogP contribution in [0.2, 0.25) is 0 Å². The zero-order valence-corrected chi connectivity index (χ0v) is 10.1. The van der Waals surface area contributed by atoms with E-state index in [1.54, 1.807) is 19.1 Å². The number of nitrogens with zero attached hydrogens (tertiary/aromatic N) is 1. The molecule has 3 N–H and O–H groups in total. The van der Waals surface area contributed by atoms with Crippen molar-refractivity contribution in [1.82, 2.24) is 10.4 Å². The third-order valence-corrected chi connectivity index (χ3v) is 2.81. The Hall–Kier alpha value is -1.92. The number of aryl methyl sites for hydroxylation is 1. The highest BCUT2D eigenvalue weighted by molar-refractivity contribution is 5.32. The number of hydrazine groups is 1. The maximum atomic E-state index is 13.7. The van der Waals surface area contributed by atoms with Gasteiger partial charge in [0.2, 0.25) is 0 Å². The van der Waals surface area contributed by atoms with E-state index in [9.17, 15) is 13.2 Å². The monoisotopic (exact) mass is 267 g/mol. The summed E-state index contributed by atoms with van der Waals surface area (Å²) in [6.45, 7) is 1.80. The van der Waals surface area contributed by atoms with Crippen molar-refractivity contribution in [1.29, 1.82) is 0 Å². The first-order valence-electron chi connectivity index (χ1n) is 5.56. The Morgan fingerprint density at radius 2 is 1.84 bits per heavy atom. The van der Waals surface area contributed by atoms with Gasteiger partial charge < -0.3 is 0 Å². The molecule has 2 rings (SSSR count). The minimum Gasteiger partial charge on any atom is -0.271 e. The van der Waals surface area contributed by atoms with E-state index in [1.807, 2.05) is 0 Å². The van der Waals surface area contributed by atoms with Crippen LogP contribution < -0.4 is 11.3 Å². The van der Waals surface area contributed by atoms with Crippen molar-refractivity contribution in [3.8, 4) is 0 Å². The third-order valence-electron chi connectivity index (χ3n) is 2.81. The molecule has 0 radical (unpaired) electrons. The number of benzene rings is 1. The molecule has 6 heteroatoms. The molecule has 0 spiro atoms. The summed E-state index contributed by atoms with van der Waals surface area (Å²) < 4.78 is 39.9. The third kappa shape index (κ3) is 2.59. The number of rotatable bonds is 3. The SMILES string of the molecule is Cc1ccc(C(NN)c2ccc(F)c(F)c2F)cn1. The maximum absolute atomic E-state index is 13.7. The van der Waals surface area contributed by atoms with Crippen LogP contribution >= 0.6 is 0 Å². The topological polar surface area (TPSA) is 50.9 Å². The average Bonchev–Trinajstić information content (AvgIpc) is 2.41. The van der Waals surface area contributed by atoms with Gasteiger partial charge in [0.25, 0.3) is 0 Å². The first-order chi connectivity index (χ1) is 9.04. The van der Waals surface area contributed by atoms with Crippen LogP contribution in [0.1, 0.15) is 22.9 Å². The van der Waals surface area contributed by atoms with Crippen LogP contribution in [0.4, 0.5) is 13.2 Å². The number of halogens is 3. The molecular formula is C13H12F3N3. The normalized spacial score (nSPS) is 12.5. The summed E-state index contributed by atoms with van der Waals surface area (Å²) in [5, 5.41) is 0. The number of hydrogen-bond donors (Lipinski definition) is 2. The van der Waals surface area contributed by atoms with E-state index >= 15 is 0 Å². The molecule has 1 aromatic heterocycles. The van der Waals surface area contributed by atoms with E-state index in [4.69, 9.17) is 5.84 Å². The zero-order chi connectivity index (χ0) is 14.0. The lowest BCUT2D eigenvalue weighted by Gasteiger charge is -2.17. The summed E-state index contributed by atoms with van der Waals surface area (Å²) in [5.41, 5.74) is 3.63. The minimum atomic E-state index is -1.52. The predicted octanol–water partition coefficient (Wildman–Crippen LogP) is 2.36. The van der Waals surface area contributed by atoms with Crippen LogP contribution in [-0.4, -0.2) is 4.98 Å². The Morgan fingerprint density at radius 1 is 1.11 bits per heavy atom. The molecule has 0 aliphatic carbocycles. The maximum Gasteiger partial charge on any atom is 0.194 e. The molecule has 2 aromatic rings. The van der Waals surface area contributed by atoms with Gasteiger partial charge in [-0.15, -0.1) is 0 Å². The van der Waals surface area contributed by atoms with E-state index in [0.29, 0.717) is 5.56 Å². The summed E-state index contributed by atoms with van der Waals surface area (Å²) >= 11 is 0. The molecular weight excluding hydrogens is 255 g/mol. The highest BCUT2D eigenvalue weighted by Gasteiger charge is 2.21. The van der Waals surface area contributed by atoms with Crippen molar-refractivity contribution >= 4 is 0 Å². The van der Waals surface area contributed by atoms with Crippen LogP contribution in [-0.2, 0) is 0 Å². The van der Waals surface area contributed by atoms with Gasteiger partial charge in [0, 0.05) is 17.5 Å². The number of hydrogen-bond acceptors (Lipinski definition) is 3. The van der Waals surface area contributed by atoms with Gasteiger partial charge >= 0.3 is 0 Å². The first kappa shape index (κ1) is 13.5. The van der Waals surface area contributed by atoms with Gasteiger partial charge in [0.15, 0.2) is 17.5 Å². The minimum absolute atomic E-state index is 0.0768. The largest absolute Gasteiger partial charge is 0.271 e. The molecule has 1 atom stereocenters. The second-order valence-corrected chi connectivity index (χ2v) is 4.10. The van der Waals surface area contributed by atoms with Crippen LogP contribution in [0.15, 0.2) is 30.5 Å². The van der Waals surface area contributed by atoms with Crippen LogP contribution in [0.25, 0.3) is 0 Å². The lowest BCUT2D eigenvalue weighted by atomic mass is 9.99. The van der Waals surface area contributed by atoms with Gasteiger partial charge in [0.05, 0.1) is 6.04 Å². The molecule has 19 heavy (non-hydrogen) atoms. The second kappa shape index (κ2) is 5.38. The number of nitrogens with one attached hydrogen (secondary N) is 1. The Kier molecular flexibility index (Phi) is 3.82. The number of nitrogens with two attached hydrogens (primary N) is 1. The van der Waals surface area contributed by atoms with Gasteiger partial charge in [-0.3, -0.25) is 10.8 Å². The average molecular weight is 267 g/mol. The summed E-state index contributed by atoms with van der Waals surface area (Å²) in [4.78, 5) is 4.06. The second-order valence-electron chi connectivity index (χ2n) is 4.10. The molecule has 1 unspecified atom stereocenters. The molecule has 0 fully saturated rings. The fourth-order valence-electron chi connectivity index (χ4n) is 1.78. The van der Waals surface area contributed by atoms with E-state index in [2.05, 4.69) is 10.4 Å². The molecule has 0 saturated carbocycles. The van der Waals surface area contributed by atoms with E-state index < -0.39 is 23.5 Å². The predicted molar refractivity (Wildman–Crippen MR) is 64.5 cm³/mol.